The van der Waals surface area contributed by atoms with Gasteiger partial charge < -0.3 is 48.5 Å². The first-order chi connectivity index (χ1) is 29.8. The number of hydrogen-bond acceptors (Lipinski definition) is 13. The summed E-state index contributed by atoms with van der Waals surface area (Å²) in [7, 11) is 1.22. The van der Waals surface area contributed by atoms with Crippen LogP contribution in [0.1, 0.15) is 154 Å². The molecular weight excluding hydrogens is 797 g/mol. The SMILES string of the molecule is CCCCCC/C=C/c1ccc([C@@H]2C[C@@H]3CCO[C@H](/C=C/C(C)(C)[C@]4(O)O[C@@H](C/C(=C\C(=O)OC)[C@@H]4OC(=O)CCCCCCC)CC(CO)OC(=O)C[C@H](O)CCO2)O3)cc1. The number of allylic oxidation sites excluding steroid dienone is 1. The van der Waals surface area contributed by atoms with Gasteiger partial charge in [0.1, 0.15) is 6.10 Å². The first-order valence-corrected chi connectivity index (χ1v) is 23.0. The number of rotatable bonds is 16. The molecule has 1 aromatic rings. The van der Waals surface area contributed by atoms with Crippen LogP contribution in [0.25, 0.3) is 6.08 Å². The first kappa shape index (κ1) is 51.2. The fraction of sp³-hybridized carbons (Fsp3) is 0.694. The number of cyclic esters (lactones) is 1. The van der Waals surface area contributed by atoms with Crippen LogP contribution in [-0.4, -0.2) is 103 Å². The van der Waals surface area contributed by atoms with Gasteiger partial charge in [-0.15, -0.1) is 0 Å². The Morgan fingerprint density at radius 1 is 0.903 bits per heavy atom. The van der Waals surface area contributed by atoms with E-state index in [9.17, 15) is 29.7 Å². The van der Waals surface area contributed by atoms with Gasteiger partial charge in [0.05, 0.1) is 51.2 Å². The molecule has 3 N–H and O–H groups in total. The summed E-state index contributed by atoms with van der Waals surface area (Å²) < 4.78 is 42.0. The number of benzene rings is 1. The van der Waals surface area contributed by atoms with Crippen LogP contribution >= 0.6 is 0 Å². The molecular formula is C49H74O13. The first-order valence-electron chi connectivity index (χ1n) is 23.0. The van der Waals surface area contributed by atoms with E-state index in [1.807, 2.05) is 12.1 Å². The molecule has 2 saturated heterocycles. The molecule has 13 nitrogen and oxygen atoms in total. The van der Waals surface area contributed by atoms with Gasteiger partial charge in [-0.2, -0.15) is 0 Å². The Kier molecular flexibility index (Phi) is 21.8. The molecule has 4 rings (SSSR count). The van der Waals surface area contributed by atoms with E-state index < -0.39 is 72.5 Å². The summed E-state index contributed by atoms with van der Waals surface area (Å²) >= 11 is 0. The third-order valence-corrected chi connectivity index (χ3v) is 11.9. The van der Waals surface area contributed by atoms with Gasteiger partial charge in [0.15, 0.2) is 12.4 Å². The predicted molar refractivity (Wildman–Crippen MR) is 234 cm³/mol. The third-order valence-electron chi connectivity index (χ3n) is 11.9. The lowest BCUT2D eigenvalue weighted by atomic mass is 9.74. The normalized spacial score (nSPS) is 30.0. The number of ether oxygens (including phenoxy) is 7. The van der Waals surface area contributed by atoms with Crippen molar-refractivity contribution < 1.29 is 62.9 Å². The minimum atomic E-state index is -2.28. The Morgan fingerprint density at radius 3 is 2.32 bits per heavy atom. The second kappa shape index (κ2) is 26.4. The van der Waals surface area contributed by atoms with E-state index in [2.05, 4.69) is 38.1 Å². The lowest BCUT2D eigenvalue weighted by molar-refractivity contribution is -0.327. The zero-order chi connectivity index (χ0) is 45.0. The zero-order valence-electron chi connectivity index (χ0n) is 37.8. The largest absolute Gasteiger partial charge is 0.466 e. The van der Waals surface area contributed by atoms with Gasteiger partial charge in [0, 0.05) is 37.4 Å². The Bertz CT molecular complexity index is 1600. The molecule has 1 aromatic carbocycles. The Morgan fingerprint density at radius 2 is 1.61 bits per heavy atom. The molecule has 0 aromatic heterocycles. The van der Waals surface area contributed by atoms with E-state index in [1.165, 1.54) is 38.9 Å². The molecule has 0 saturated carbocycles. The highest BCUT2D eigenvalue weighted by Gasteiger charge is 2.57. The second-order valence-electron chi connectivity index (χ2n) is 17.5. The quantitative estimate of drug-likeness (QED) is 0.0478. The lowest BCUT2D eigenvalue weighted by Gasteiger charge is -2.51. The fourth-order valence-electron chi connectivity index (χ4n) is 8.09. The highest BCUT2D eigenvalue weighted by atomic mass is 16.7. The third kappa shape index (κ3) is 16.3. The van der Waals surface area contributed by atoms with Crippen LogP contribution in [0.5, 0.6) is 0 Å². The minimum Gasteiger partial charge on any atom is -0.466 e. The van der Waals surface area contributed by atoms with Crippen LogP contribution in [0.15, 0.2) is 54.1 Å². The second-order valence-corrected chi connectivity index (χ2v) is 17.5. The van der Waals surface area contributed by atoms with Crippen molar-refractivity contribution in [2.24, 2.45) is 5.41 Å². The van der Waals surface area contributed by atoms with E-state index in [0.717, 1.165) is 43.2 Å². The van der Waals surface area contributed by atoms with Crippen LogP contribution in [0.3, 0.4) is 0 Å². The molecule has 0 radical (unpaired) electrons. The smallest absolute Gasteiger partial charge is 0.330 e. The van der Waals surface area contributed by atoms with E-state index in [-0.39, 0.29) is 50.4 Å². The van der Waals surface area contributed by atoms with Crippen LogP contribution in [-0.2, 0) is 47.5 Å². The summed E-state index contributed by atoms with van der Waals surface area (Å²) in [4.78, 5) is 39.3. The maximum absolute atomic E-state index is 13.4. The Labute approximate surface area is 369 Å². The van der Waals surface area contributed by atoms with Crippen molar-refractivity contribution in [3.63, 3.8) is 0 Å². The van der Waals surface area contributed by atoms with Crippen molar-refractivity contribution in [2.45, 2.75) is 186 Å². The van der Waals surface area contributed by atoms with E-state index in [1.54, 1.807) is 26.0 Å². The zero-order valence-corrected chi connectivity index (χ0v) is 37.8. The fourth-order valence-corrected chi connectivity index (χ4v) is 8.09. The molecule has 0 aliphatic carbocycles. The Hall–Kier alpha value is -3.43. The maximum atomic E-state index is 13.4. The molecule has 13 heteroatoms. The highest BCUT2D eigenvalue weighted by Crippen LogP contribution is 2.47. The average Bonchev–Trinajstić information content (AvgIpc) is 3.24. The summed E-state index contributed by atoms with van der Waals surface area (Å²) in [5.41, 5.74) is 0.933. The van der Waals surface area contributed by atoms with Crippen LogP contribution in [0.2, 0.25) is 0 Å². The Balaban J connectivity index is 1.65. The summed E-state index contributed by atoms with van der Waals surface area (Å²) in [6, 6.07) is 8.20. The van der Waals surface area contributed by atoms with E-state index >= 15 is 0 Å². The maximum Gasteiger partial charge on any atom is 0.330 e. The number of esters is 3. The lowest BCUT2D eigenvalue weighted by Crippen LogP contribution is -2.62. The summed E-state index contributed by atoms with van der Waals surface area (Å²) in [6.07, 6.45) is 14.2. The van der Waals surface area contributed by atoms with Gasteiger partial charge >= 0.3 is 17.9 Å². The molecule has 8 atom stereocenters. The summed E-state index contributed by atoms with van der Waals surface area (Å²) in [5, 5.41) is 34.0. The van der Waals surface area contributed by atoms with Crippen molar-refractivity contribution in [3.8, 4) is 0 Å². The van der Waals surface area contributed by atoms with Gasteiger partial charge in [-0.1, -0.05) is 115 Å². The van der Waals surface area contributed by atoms with Crippen LogP contribution < -0.4 is 0 Å². The predicted octanol–water partition coefficient (Wildman–Crippen LogP) is 8.13. The minimum absolute atomic E-state index is 0.0179. The highest BCUT2D eigenvalue weighted by molar-refractivity contribution is 5.83. The van der Waals surface area contributed by atoms with Crippen molar-refractivity contribution in [1.82, 2.24) is 0 Å². The molecule has 0 spiro atoms. The van der Waals surface area contributed by atoms with Gasteiger partial charge in [-0.25, -0.2) is 4.79 Å². The average molecular weight is 871 g/mol. The molecule has 0 amide bonds. The van der Waals surface area contributed by atoms with E-state index in [0.29, 0.717) is 25.9 Å². The molecule has 3 heterocycles. The van der Waals surface area contributed by atoms with Crippen molar-refractivity contribution in [1.29, 1.82) is 0 Å². The summed E-state index contributed by atoms with van der Waals surface area (Å²) in [6.45, 7) is 7.71. The topological polar surface area (TPSA) is 177 Å². The molecule has 2 fully saturated rings. The number of fused-ring (bicyclic) bond motifs is 4. The van der Waals surface area contributed by atoms with Crippen molar-refractivity contribution in [3.05, 3.63) is 65.3 Å². The molecule has 62 heavy (non-hydrogen) atoms. The number of carbonyl (C=O) groups is 3. The number of unbranched alkanes of at least 4 members (excludes halogenated alkanes) is 8. The number of aliphatic hydroxyl groups is 3. The number of methoxy groups -OCH3 is 1. The molecule has 3 aliphatic heterocycles. The van der Waals surface area contributed by atoms with Gasteiger partial charge in [-0.05, 0) is 61.3 Å². The van der Waals surface area contributed by atoms with Crippen molar-refractivity contribution >= 4 is 24.0 Å². The molecule has 1 unspecified atom stereocenters. The molecule has 3 aliphatic rings. The monoisotopic (exact) mass is 871 g/mol. The van der Waals surface area contributed by atoms with E-state index in [4.69, 9.17) is 33.2 Å². The van der Waals surface area contributed by atoms with Gasteiger partial charge in [0.2, 0.25) is 5.79 Å². The standard InChI is InChI=1S/C49H74O13/c1-6-8-10-12-14-15-17-35-19-21-36(22-20-35)42-33-39-25-28-58-46(60-39)23-26-48(3,4)49(55)47(61-43(52)18-16-13-11-9-7-2)37(30-44(53)56-5)29-40(62-49)32-41(34-50)59-45(54)31-38(51)24-27-57-42/h15,17,19-23,26,30,38-42,46-47,50-51,55H,6-14,16,18,24-25,27-29,31-34H2,1-5H3/b17-15+,26-23+,37-30+/t38-,39+,40+,41?,42+,46+,47+,49-/m1/s1. The number of carbonyl (C=O) groups excluding carboxylic acids is 3. The number of hydrogen-bond donors (Lipinski definition) is 3. The van der Waals surface area contributed by atoms with Crippen molar-refractivity contribution in [2.75, 3.05) is 26.9 Å². The molecule has 4 bridgehead atoms. The molecule has 348 valence electrons. The summed E-state index contributed by atoms with van der Waals surface area (Å²) in [5.74, 6) is -4.30. The van der Waals surface area contributed by atoms with Crippen LogP contribution in [0, 0.1) is 5.41 Å². The van der Waals surface area contributed by atoms with Gasteiger partial charge in [-0.3, -0.25) is 9.59 Å². The van der Waals surface area contributed by atoms with Gasteiger partial charge in [0.25, 0.3) is 0 Å². The number of aliphatic hydroxyl groups excluding tert-OH is 2. The van der Waals surface area contributed by atoms with Crippen LogP contribution in [0.4, 0.5) is 0 Å².